The van der Waals surface area contributed by atoms with E-state index in [9.17, 15) is 26.7 Å². The normalized spacial score (nSPS) is 22.9. The molecule has 1 aliphatic heterocycles. The number of rotatable bonds is 7. The molecule has 42 heavy (non-hydrogen) atoms. The quantitative estimate of drug-likeness (QED) is 0.165. The van der Waals surface area contributed by atoms with Crippen molar-refractivity contribution in [2.45, 2.75) is 131 Å². The third kappa shape index (κ3) is 12.5. The number of carbonyl (C=O) groups excluding carboxylic acids is 1. The number of carbonyl (C=O) groups is 1. The number of allylic oxidation sites excluding steroid dienone is 5. The molecular formula is C32H52F5N3O2. The van der Waals surface area contributed by atoms with Gasteiger partial charge in [-0.05, 0) is 67.2 Å². The van der Waals surface area contributed by atoms with E-state index in [0.29, 0.717) is 37.0 Å². The summed E-state index contributed by atoms with van der Waals surface area (Å²) in [6, 6.07) is -0.211. The van der Waals surface area contributed by atoms with E-state index in [4.69, 9.17) is 4.74 Å². The Morgan fingerprint density at radius 1 is 1.12 bits per heavy atom. The molecule has 1 heterocycles. The van der Waals surface area contributed by atoms with Crippen LogP contribution in [0.2, 0.25) is 0 Å². The van der Waals surface area contributed by atoms with Crippen LogP contribution in [0, 0.1) is 5.92 Å². The van der Waals surface area contributed by atoms with Gasteiger partial charge in [-0.1, -0.05) is 45.3 Å². The summed E-state index contributed by atoms with van der Waals surface area (Å²) in [6.45, 7) is 17.1. The van der Waals surface area contributed by atoms with Crippen LogP contribution in [0.25, 0.3) is 0 Å². The van der Waals surface area contributed by atoms with Gasteiger partial charge in [-0.15, -0.1) is 0 Å². The molecule has 10 heteroatoms. The van der Waals surface area contributed by atoms with E-state index in [1.807, 2.05) is 18.7 Å². The average Bonchev–Trinajstić information content (AvgIpc) is 2.85. The van der Waals surface area contributed by atoms with Crippen molar-refractivity contribution in [1.82, 2.24) is 9.80 Å². The van der Waals surface area contributed by atoms with E-state index >= 15 is 0 Å². The number of amides is 1. The highest BCUT2D eigenvalue weighted by atomic mass is 19.4. The summed E-state index contributed by atoms with van der Waals surface area (Å²) in [6.07, 6.45) is 4.27. The lowest BCUT2D eigenvalue weighted by Crippen LogP contribution is -2.54. The van der Waals surface area contributed by atoms with Gasteiger partial charge < -0.3 is 14.5 Å². The van der Waals surface area contributed by atoms with Gasteiger partial charge in [-0.25, -0.2) is 13.6 Å². The molecule has 0 bridgehead atoms. The average molecular weight is 606 g/mol. The Bertz CT molecular complexity index is 991. The lowest BCUT2D eigenvalue weighted by atomic mass is 9.84. The summed E-state index contributed by atoms with van der Waals surface area (Å²) >= 11 is 0. The summed E-state index contributed by atoms with van der Waals surface area (Å²) in [5.41, 5.74) is -0.446. The molecule has 0 radical (unpaired) electrons. The minimum atomic E-state index is -4.50. The summed E-state index contributed by atoms with van der Waals surface area (Å²) < 4.78 is 72.4. The molecule has 5 nitrogen and oxygen atoms in total. The van der Waals surface area contributed by atoms with Gasteiger partial charge in [0.1, 0.15) is 5.60 Å². The molecule has 0 N–H and O–H groups in total. The second-order valence-electron chi connectivity index (χ2n) is 12.2. The van der Waals surface area contributed by atoms with E-state index in [0.717, 1.165) is 38.2 Å². The number of hydrogen-bond donors (Lipinski definition) is 0. The molecule has 2 fully saturated rings. The van der Waals surface area contributed by atoms with Crippen LogP contribution in [0.3, 0.4) is 0 Å². The maximum absolute atomic E-state index is 13.8. The fourth-order valence-corrected chi connectivity index (χ4v) is 5.38. The van der Waals surface area contributed by atoms with Crippen LogP contribution in [0.5, 0.6) is 0 Å². The summed E-state index contributed by atoms with van der Waals surface area (Å²) in [5.74, 6) is -2.05. The predicted molar refractivity (Wildman–Crippen MR) is 161 cm³/mol. The van der Waals surface area contributed by atoms with Crippen molar-refractivity contribution in [2.75, 3.05) is 19.6 Å². The second-order valence-corrected chi connectivity index (χ2v) is 12.2. The molecule has 2 atom stereocenters. The number of alkyl halides is 5. The van der Waals surface area contributed by atoms with Gasteiger partial charge in [0, 0.05) is 61.7 Å². The third-order valence-electron chi connectivity index (χ3n) is 7.37. The van der Waals surface area contributed by atoms with Gasteiger partial charge in [0.15, 0.2) is 0 Å². The number of halogens is 5. The highest BCUT2D eigenvalue weighted by molar-refractivity contribution is 6.03. The first-order valence-corrected chi connectivity index (χ1v) is 15.1. The van der Waals surface area contributed by atoms with Crippen molar-refractivity contribution in [3.05, 3.63) is 35.2 Å². The number of hydrogen-bond acceptors (Lipinski definition) is 4. The fourth-order valence-electron chi connectivity index (χ4n) is 5.38. The van der Waals surface area contributed by atoms with Crippen molar-refractivity contribution < 1.29 is 31.5 Å². The largest absolute Gasteiger partial charge is 0.444 e. The zero-order valence-corrected chi connectivity index (χ0v) is 27.0. The maximum Gasteiger partial charge on any atom is 0.416 e. The lowest BCUT2D eigenvalue weighted by Gasteiger charge is -2.42. The molecular weight excluding hydrogens is 553 g/mol. The first-order valence-electron chi connectivity index (χ1n) is 15.1. The second kappa shape index (κ2) is 16.5. The third-order valence-corrected chi connectivity index (χ3v) is 7.37. The maximum atomic E-state index is 13.8. The Hall–Kier alpha value is -2.39. The monoisotopic (exact) mass is 605 g/mol. The molecule has 1 saturated carbocycles. The Morgan fingerprint density at radius 3 is 2.24 bits per heavy atom. The zero-order chi connectivity index (χ0) is 32.3. The fraction of sp³-hybridized carbons (Fsp3) is 0.750. The van der Waals surface area contributed by atoms with Crippen molar-refractivity contribution in [3.8, 4) is 0 Å². The lowest BCUT2D eigenvalue weighted by molar-refractivity contribution is -0.0891. The Labute approximate surface area is 249 Å². The first kappa shape index (κ1) is 37.6. The summed E-state index contributed by atoms with van der Waals surface area (Å²) in [4.78, 5) is 20.2. The van der Waals surface area contributed by atoms with Crippen LogP contribution >= 0.6 is 0 Å². The Kier molecular flexibility index (Phi) is 14.7. The van der Waals surface area contributed by atoms with Crippen LogP contribution in [-0.2, 0) is 4.74 Å². The van der Waals surface area contributed by atoms with Crippen molar-refractivity contribution in [1.29, 1.82) is 0 Å². The number of nitrogens with zero attached hydrogens (tertiary/aromatic N) is 3. The van der Waals surface area contributed by atoms with Crippen LogP contribution in [0.4, 0.5) is 26.7 Å². The highest BCUT2D eigenvalue weighted by Gasteiger charge is 2.39. The van der Waals surface area contributed by atoms with Crippen LogP contribution in [0.15, 0.2) is 40.2 Å². The molecule has 242 valence electrons. The van der Waals surface area contributed by atoms with E-state index in [1.54, 1.807) is 45.6 Å². The van der Waals surface area contributed by atoms with Crippen LogP contribution in [0.1, 0.15) is 107 Å². The Morgan fingerprint density at radius 2 is 1.76 bits per heavy atom. The SMILES string of the molecule is CCC[C@H]1CCCC(F)(F)C1.C\C=C(C(/C(C)=N/C=C/CC)=C(/C)N1CCN(C(=O)OC(C)(C)C)C(C)C1)\C(F)(F)F. The van der Waals surface area contributed by atoms with Gasteiger partial charge in [-0.2, -0.15) is 13.2 Å². The molecule has 0 aromatic heterocycles. The van der Waals surface area contributed by atoms with E-state index in [-0.39, 0.29) is 24.5 Å². The van der Waals surface area contributed by atoms with E-state index in [1.165, 1.54) is 13.1 Å². The molecule has 0 aromatic rings. The molecule has 2 rings (SSSR count). The van der Waals surface area contributed by atoms with Gasteiger partial charge in [0.05, 0.1) is 5.57 Å². The highest BCUT2D eigenvalue weighted by Crippen LogP contribution is 2.38. The number of aliphatic imine (C=N–C) groups is 1. The van der Waals surface area contributed by atoms with Crippen molar-refractivity contribution in [2.24, 2.45) is 10.9 Å². The Balaban J connectivity index is 0.000000666. The molecule has 0 spiro atoms. The molecule has 1 amide bonds. The first-order chi connectivity index (χ1) is 19.4. The minimum Gasteiger partial charge on any atom is -0.444 e. The molecule has 1 aliphatic carbocycles. The van der Waals surface area contributed by atoms with Crippen molar-refractivity contribution >= 4 is 11.8 Å². The molecule has 2 aliphatic rings. The van der Waals surface area contributed by atoms with Gasteiger partial charge in [-0.3, -0.25) is 4.99 Å². The minimum absolute atomic E-state index is 0.0775. The summed E-state index contributed by atoms with van der Waals surface area (Å²) in [7, 11) is 0. The van der Waals surface area contributed by atoms with E-state index in [2.05, 4.69) is 11.9 Å². The molecule has 1 unspecified atom stereocenters. The predicted octanol–water partition coefficient (Wildman–Crippen LogP) is 9.71. The van der Waals surface area contributed by atoms with E-state index < -0.39 is 29.4 Å². The topological polar surface area (TPSA) is 45.1 Å². The molecule has 1 saturated heterocycles. The standard InChI is InChI=1S/C23H36F3N3O2.C9H16F2/c1-9-11-12-27-17(4)20(19(10-2)23(24,25)26)18(5)28-13-14-29(16(3)15-28)21(30)31-22(6,7)8;1-2-4-8-5-3-6-9(10,11)7-8/h10-12,16H,9,13-15H2,1-8H3;8H,2-7H2,1H3/b12-11+,19-10+,20-18-,27-17+;/t;8-/m.0/s1. The number of ether oxygens (including phenoxy) is 1. The summed E-state index contributed by atoms with van der Waals surface area (Å²) in [5, 5.41) is 0. The van der Waals surface area contributed by atoms with Gasteiger partial charge in [0.2, 0.25) is 5.92 Å². The van der Waals surface area contributed by atoms with Gasteiger partial charge >= 0.3 is 12.3 Å². The van der Waals surface area contributed by atoms with Crippen molar-refractivity contribution in [3.63, 3.8) is 0 Å². The van der Waals surface area contributed by atoms with Gasteiger partial charge in [0.25, 0.3) is 0 Å². The van der Waals surface area contributed by atoms with Crippen LogP contribution in [-0.4, -0.2) is 65.0 Å². The number of piperazine rings is 1. The van der Waals surface area contributed by atoms with Crippen LogP contribution < -0.4 is 0 Å². The smallest absolute Gasteiger partial charge is 0.416 e. The zero-order valence-electron chi connectivity index (χ0n) is 27.0. The molecule has 0 aromatic carbocycles.